The molecule has 0 aliphatic carbocycles. The smallest absolute Gasteiger partial charge is 0.254 e. The second-order valence-corrected chi connectivity index (χ2v) is 6.78. The van der Waals surface area contributed by atoms with Crippen molar-refractivity contribution in [2.24, 2.45) is 5.92 Å². The third-order valence-electron chi connectivity index (χ3n) is 5.02. The zero-order valence-electron chi connectivity index (χ0n) is 15.3. The number of hydrogen-bond donors (Lipinski definition) is 1. The Morgan fingerprint density at radius 3 is 2.23 bits per heavy atom. The zero-order valence-corrected chi connectivity index (χ0v) is 15.3. The molecule has 0 saturated carbocycles. The van der Waals surface area contributed by atoms with Crippen molar-refractivity contribution in [1.29, 1.82) is 0 Å². The van der Waals surface area contributed by atoms with E-state index >= 15 is 0 Å². The van der Waals surface area contributed by atoms with Crippen molar-refractivity contribution in [2.45, 2.75) is 19.8 Å². The van der Waals surface area contributed by atoms with Gasteiger partial charge in [0, 0.05) is 24.2 Å². The van der Waals surface area contributed by atoms with Gasteiger partial charge >= 0.3 is 0 Å². The largest absolute Gasteiger partial charge is 0.339 e. The van der Waals surface area contributed by atoms with Gasteiger partial charge in [0.15, 0.2) is 5.78 Å². The maximum atomic E-state index is 13.0. The molecule has 3 rings (SSSR count). The molecule has 1 heterocycles. The van der Waals surface area contributed by atoms with E-state index < -0.39 is 0 Å². The quantitative estimate of drug-likeness (QED) is 0.813. The number of hydrogen-bond acceptors (Lipinski definition) is 3. The van der Waals surface area contributed by atoms with Gasteiger partial charge in [-0.15, -0.1) is 0 Å². The van der Waals surface area contributed by atoms with Crippen LogP contribution in [0.5, 0.6) is 0 Å². The Hall–Kier alpha value is -2.46. The lowest BCUT2D eigenvalue weighted by molar-refractivity contribution is 0.0687. The lowest BCUT2D eigenvalue weighted by Crippen LogP contribution is -2.41. The van der Waals surface area contributed by atoms with Crippen molar-refractivity contribution in [3.63, 3.8) is 0 Å². The van der Waals surface area contributed by atoms with Gasteiger partial charge in [-0.3, -0.25) is 9.59 Å². The minimum Gasteiger partial charge on any atom is -0.339 e. The zero-order chi connectivity index (χ0) is 18.4. The number of piperidine rings is 1. The molecule has 4 nitrogen and oxygen atoms in total. The van der Waals surface area contributed by atoms with E-state index in [2.05, 4.69) is 12.2 Å². The maximum Gasteiger partial charge on any atom is 0.254 e. The standard InChI is InChI=1S/C22H26N2O2/c1-2-23-16-17-12-14-24(15-13-17)22(26)20-11-7-6-10-19(20)21(25)18-8-4-3-5-9-18/h3-11,17,23H,2,12-16H2,1H3. The topological polar surface area (TPSA) is 49.4 Å². The molecular formula is C22H26N2O2. The van der Waals surface area contributed by atoms with E-state index in [-0.39, 0.29) is 11.7 Å². The van der Waals surface area contributed by atoms with Crippen LogP contribution in [-0.4, -0.2) is 42.8 Å². The van der Waals surface area contributed by atoms with Crippen LogP contribution >= 0.6 is 0 Å². The molecule has 0 bridgehead atoms. The molecule has 0 aromatic heterocycles. The SMILES string of the molecule is CCNCC1CCN(C(=O)c2ccccc2C(=O)c2ccccc2)CC1. The lowest BCUT2D eigenvalue weighted by Gasteiger charge is -2.32. The Balaban J connectivity index is 1.74. The Labute approximate surface area is 155 Å². The molecule has 0 unspecified atom stereocenters. The van der Waals surface area contributed by atoms with E-state index in [0.29, 0.717) is 22.6 Å². The summed E-state index contributed by atoms with van der Waals surface area (Å²) < 4.78 is 0. The van der Waals surface area contributed by atoms with Gasteiger partial charge < -0.3 is 10.2 Å². The fraction of sp³-hybridized carbons (Fsp3) is 0.364. The molecule has 1 aliphatic heterocycles. The van der Waals surface area contributed by atoms with Crippen LogP contribution < -0.4 is 5.32 Å². The maximum absolute atomic E-state index is 13.0. The van der Waals surface area contributed by atoms with Crippen LogP contribution in [0.2, 0.25) is 0 Å². The average molecular weight is 350 g/mol. The third-order valence-corrected chi connectivity index (χ3v) is 5.02. The first-order valence-electron chi connectivity index (χ1n) is 9.39. The van der Waals surface area contributed by atoms with Crippen LogP contribution in [0, 0.1) is 5.92 Å². The lowest BCUT2D eigenvalue weighted by atomic mass is 9.94. The van der Waals surface area contributed by atoms with E-state index in [4.69, 9.17) is 0 Å². The van der Waals surface area contributed by atoms with Crippen LogP contribution in [0.1, 0.15) is 46.0 Å². The number of carbonyl (C=O) groups excluding carboxylic acids is 2. The van der Waals surface area contributed by atoms with Crippen molar-refractivity contribution >= 4 is 11.7 Å². The highest BCUT2D eigenvalue weighted by atomic mass is 16.2. The van der Waals surface area contributed by atoms with Crippen molar-refractivity contribution in [2.75, 3.05) is 26.2 Å². The minimum absolute atomic E-state index is 0.0354. The molecule has 26 heavy (non-hydrogen) atoms. The van der Waals surface area contributed by atoms with E-state index in [0.717, 1.165) is 39.0 Å². The first kappa shape index (κ1) is 18.3. The fourth-order valence-corrected chi connectivity index (χ4v) is 3.47. The summed E-state index contributed by atoms with van der Waals surface area (Å²) in [6, 6.07) is 16.3. The van der Waals surface area contributed by atoms with Gasteiger partial charge in [0.2, 0.25) is 0 Å². The van der Waals surface area contributed by atoms with Crippen molar-refractivity contribution in [3.8, 4) is 0 Å². The van der Waals surface area contributed by atoms with E-state index in [1.807, 2.05) is 35.2 Å². The van der Waals surface area contributed by atoms with Gasteiger partial charge in [-0.1, -0.05) is 55.5 Å². The Bertz CT molecular complexity index is 750. The van der Waals surface area contributed by atoms with Gasteiger partial charge in [-0.05, 0) is 37.9 Å². The van der Waals surface area contributed by atoms with Crippen LogP contribution in [0.4, 0.5) is 0 Å². The van der Waals surface area contributed by atoms with Gasteiger partial charge in [0.25, 0.3) is 5.91 Å². The monoisotopic (exact) mass is 350 g/mol. The molecule has 1 amide bonds. The molecule has 0 radical (unpaired) electrons. The summed E-state index contributed by atoms with van der Waals surface area (Å²) in [5.74, 6) is 0.489. The number of carbonyl (C=O) groups is 2. The normalized spacial score (nSPS) is 15.0. The number of nitrogens with zero attached hydrogens (tertiary/aromatic N) is 1. The number of ketones is 1. The molecule has 0 spiro atoms. The second kappa shape index (κ2) is 8.77. The molecular weight excluding hydrogens is 324 g/mol. The summed E-state index contributed by atoms with van der Waals surface area (Å²) in [5, 5.41) is 3.39. The molecule has 4 heteroatoms. The highest BCUT2D eigenvalue weighted by molar-refractivity contribution is 6.15. The summed E-state index contributed by atoms with van der Waals surface area (Å²) in [7, 11) is 0. The first-order chi connectivity index (χ1) is 12.7. The van der Waals surface area contributed by atoms with E-state index in [1.54, 1.807) is 24.3 Å². The van der Waals surface area contributed by atoms with Crippen LogP contribution in [0.15, 0.2) is 54.6 Å². The number of amides is 1. The second-order valence-electron chi connectivity index (χ2n) is 6.78. The highest BCUT2D eigenvalue weighted by Crippen LogP contribution is 2.21. The van der Waals surface area contributed by atoms with Gasteiger partial charge in [-0.2, -0.15) is 0 Å². The predicted molar refractivity (Wildman–Crippen MR) is 103 cm³/mol. The summed E-state index contributed by atoms with van der Waals surface area (Å²) >= 11 is 0. The summed E-state index contributed by atoms with van der Waals surface area (Å²) in [6.07, 6.45) is 2.01. The molecule has 1 aliphatic rings. The highest BCUT2D eigenvalue weighted by Gasteiger charge is 2.26. The van der Waals surface area contributed by atoms with Crippen LogP contribution in [0.3, 0.4) is 0 Å². The van der Waals surface area contributed by atoms with Crippen molar-refractivity contribution in [1.82, 2.24) is 10.2 Å². The van der Waals surface area contributed by atoms with Gasteiger partial charge in [-0.25, -0.2) is 0 Å². The molecule has 1 saturated heterocycles. The summed E-state index contributed by atoms with van der Waals surface area (Å²) in [4.78, 5) is 27.8. The number of rotatable bonds is 6. The number of likely N-dealkylation sites (tertiary alicyclic amines) is 1. The molecule has 2 aromatic rings. The molecule has 1 N–H and O–H groups in total. The van der Waals surface area contributed by atoms with E-state index in [1.165, 1.54) is 0 Å². The molecule has 136 valence electrons. The Kier molecular flexibility index (Phi) is 6.18. The van der Waals surface area contributed by atoms with Crippen molar-refractivity contribution < 1.29 is 9.59 Å². The van der Waals surface area contributed by atoms with Crippen LogP contribution in [-0.2, 0) is 0 Å². The third kappa shape index (κ3) is 4.20. The number of benzene rings is 2. The van der Waals surface area contributed by atoms with E-state index in [9.17, 15) is 9.59 Å². The first-order valence-corrected chi connectivity index (χ1v) is 9.39. The number of nitrogens with one attached hydrogen (secondary N) is 1. The Morgan fingerprint density at radius 2 is 1.58 bits per heavy atom. The molecule has 1 fully saturated rings. The predicted octanol–water partition coefficient (Wildman–Crippen LogP) is 3.38. The van der Waals surface area contributed by atoms with Gasteiger partial charge in [0.1, 0.15) is 0 Å². The summed E-state index contributed by atoms with van der Waals surface area (Å²) in [5.41, 5.74) is 1.60. The average Bonchev–Trinajstić information content (AvgIpc) is 2.72. The minimum atomic E-state index is -0.100. The molecule has 2 aromatic carbocycles. The fourth-order valence-electron chi connectivity index (χ4n) is 3.47. The molecule has 0 atom stereocenters. The summed E-state index contributed by atoms with van der Waals surface area (Å²) in [6.45, 7) is 5.61. The van der Waals surface area contributed by atoms with Crippen LogP contribution in [0.25, 0.3) is 0 Å². The van der Waals surface area contributed by atoms with Crippen molar-refractivity contribution in [3.05, 3.63) is 71.3 Å². The Morgan fingerprint density at radius 1 is 0.962 bits per heavy atom. The van der Waals surface area contributed by atoms with Gasteiger partial charge in [0.05, 0.1) is 5.56 Å².